The minimum atomic E-state index is 0.500. The van der Waals surface area contributed by atoms with E-state index in [2.05, 4.69) is 33.8 Å². The Bertz CT molecular complexity index is 1020. The van der Waals surface area contributed by atoms with Crippen LogP contribution in [-0.2, 0) is 18.3 Å². The van der Waals surface area contributed by atoms with E-state index in [-0.39, 0.29) is 0 Å². The van der Waals surface area contributed by atoms with Crippen molar-refractivity contribution in [3.05, 3.63) is 47.4 Å². The lowest BCUT2D eigenvalue weighted by atomic mass is 9.48. The van der Waals surface area contributed by atoms with Gasteiger partial charge in [-0.15, -0.1) is 0 Å². The molecule has 4 fully saturated rings. The van der Waals surface area contributed by atoms with Gasteiger partial charge >= 0.3 is 0 Å². The van der Waals surface area contributed by atoms with Crippen LogP contribution in [-0.4, -0.2) is 9.38 Å². The largest absolute Gasteiger partial charge is 0.313 e. The van der Waals surface area contributed by atoms with Crippen LogP contribution in [0.5, 0.6) is 0 Å². The van der Waals surface area contributed by atoms with Gasteiger partial charge in [-0.05, 0) is 104 Å². The summed E-state index contributed by atoms with van der Waals surface area (Å²) in [6.07, 6.45) is 16.7. The topological polar surface area (TPSA) is 17.3 Å². The van der Waals surface area contributed by atoms with Gasteiger partial charge in [0.1, 0.15) is 0 Å². The van der Waals surface area contributed by atoms with Crippen LogP contribution in [0.3, 0.4) is 0 Å². The van der Waals surface area contributed by atoms with Gasteiger partial charge in [-0.2, -0.15) is 0 Å². The van der Waals surface area contributed by atoms with Gasteiger partial charge in [0.15, 0.2) is 0 Å². The van der Waals surface area contributed by atoms with Crippen LogP contribution in [0, 0.1) is 17.8 Å². The molecule has 0 N–H and O–H groups in total. The summed E-state index contributed by atoms with van der Waals surface area (Å²) in [5.74, 6) is 3.04. The highest BCUT2D eigenvalue weighted by atomic mass is 14.9. The number of hydrogen-bond acceptors (Lipinski definition) is 1. The zero-order chi connectivity index (χ0) is 16.9. The molecule has 0 spiro atoms. The molecule has 4 saturated carbocycles. The lowest BCUT2D eigenvalue weighted by molar-refractivity contribution is -0.00513. The average molecular weight is 342 g/mol. The summed E-state index contributed by atoms with van der Waals surface area (Å²) < 4.78 is 2.41. The summed E-state index contributed by atoms with van der Waals surface area (Å²) in [4.78, 5) is 4.69. The van der Waals surface area contributed by atoms with Crippen LogP contribution < -0.4 is 0 Å². The molecule has 26 heavy (non-hydrogen) atoms. The van der Waals surface area contributed by atoms with E-state index >= 15 is 0 Å². The van der Waals surface area contributed by atoms with Gasteiger partial charge in [0, 0.05) is 17.8 Å². The molecule has 0 atom stereocenters. The van der Waals surface area contributed by atoms with E-state index in [0.29, 0.717) is 5.41 Å². The van der Waals surface area contributed by atoms with Crippen molar-refractivity contribution in [2.24, 2.45) is 17.8 Å². The Kier molecular flexibility index (Phi) is 2.58. The number of rotatable bonds is 1. The fourth-order valence-corrected chi connectivity index (χ4v) is 7.76. The molecule has 0 saturated heterocycles. The minimum absolute atomic E-state index is 0.500. The van der Waals surface area contributed by atoms with E-state index in [0.717, 1.165) is 24.2 Å². The third kappa shape index (κ3) is 1.71. The monoisotopic (exact) mass is 342 g/mol. The molecule has 5 aliphatic carbocycles. The van der Waals surface area contributed by atoms with Crippen LogP contribution in [0.25, 0.3) is 16.4 Å². The predicted octanol–water partition coefficient (Wildman–Crippen LogP) is 5.44. The lowest BCUT2D eigenvalue weighted by Gasteiger charge is -2.57. The predicted molar refractivity (Wildman–Crippen MR) is 105 cm³/mol. The third-order valence-electron chi connectivity index (χ3n) is 8.32. The second-order valence-corrected chi connectivity index (χ2v) is 9.85. The van der Waals surface area contributed by atoms with Crippen molar-refractivity contribution in [2.45, 2.75) is 63.2 Å². The fraction of sp³-hybridized carbons (Fsp3) is 0.542. The average Bonchev–Trinajstić information content (AvgIpc) is 2.97. The molecule has 8 rings (SSSR count). The van der Waals surface area contributed by atoms with Gasteiger partial charge in [-0.3, -0.25) is 4.98 Å². The number of aryl methyl sites for hydroxylation is 2. The molecule has 0 amide bonds. The van der Waals surface area contributed by atoms with Crippen molar-refractivity contribution in [1.82, 2.24) is 9.38 Å². The highest BCUT2D eigenvalue weighted by Crippen LogP contribution is 2.61. The zero-order valence-corrected chi connectivity index (χ0v) is 15.4. The summed E-state index contributed by atoms with van der Waals surface area (Å²) in [5.41, 5.74) is 7.85. The molecule has 0 radical (unpaired) electrons. The van der Waals surface area contributed by atoms with E-state index < -0.39 is 0 Å². The van der Waals surface area contributed by atoms with E-state index in [4.69, 9.17) is 0 Å². The Labute approximate surface area is 154 Å². The van der Waals surface area contributed by atoms with Gasteiger partial charge in [0.2, 0.25) is 0 Å². The maximum absolute atomic E-state index is 4.69. The molecule has 132 valence electrons. The van der Waals surface area contributed by atoms with Gasteiger partial charge in [0.25, 0.3) is 0 Å². The van der Waals surface area contributed by atoms with Crippen LogP contribution in [0.1, 0.15) is 61.8 Å². The highest BCUT2D eigenvalue weighted by Gasteiger charge is 2.51. The Morgan fingerprint density at radius 3 is 2.50 bits per heavy atom. The molecule has 0 aliphatic heterocycles. The van der Waals surface area contributed by atoms with Crippen LogP contribution in [0.2, 0.25) is 0 Å². The van der Waals surface area contributed by atoms with Crippen molar-refractivity contribution in [3.8, 4) is 0 Å². The number of nitrogens with zero attached hydrogens (tertiary/aromatic N) is 2. The molecule has 4 bridgehead atoms. The molecular formula is C24H26N2. The summed E-state index contributed by atoms with van der Waals surface area (Å²) in [6.45, 7) is 0. The Morgan fingerprint density at radius 2 is 1.73 bits per heavy atom. The smallest absolute Gasteiger partial charge is 0.0710 e. The standard InChI is InChI=1S/C24H26N2/c1-2-19-20-11-18(24-12-15-8-16(13-24)10-17(9-15)14-24)4-5-22(20)26-7-6-25-21(3-1)23(19)26/h4-7,11,15-17H,1-3,8-10,12-14H2. The highest BCUT2D eigenvalue weighted by molar-refractivity contribution is 5.94. The number of hydrogen-bond donors (Lipinski definition) is 0. The van der Waals surface area contributed by atoms with E-state index in [1.165, 1.54) is 73.5 Å². The molecule has 1 aromatic carbocycles. The van der Waals surface area contributed by atoms with E-state index in [9.17, 15) is 0 Å². The number of aromatic nitrogens is 2. The number of fused-ring (bicyclic) bond motifs is 3. The summed E-state index contributed by atoms with van der Waals surface area (Å²) in [5, 5.41) is 1.52. The van der Waals surface area contributed by atoms with Crippen LogP contribution in [0.15, 0.2) is 30.6 Å². The Balaban J connectivity index is 1.47. The fourth-order valence-electron chi connectivity index (χ4n) is 7.76. The molecule has 2 heteroatoms. The quantitative estimate of drug-likeness (QED) is 0.575. The first-order chi connectivity index (χ1) is 12.8. The van der Waals surface area contributed by atoms with Crippen molar-refractivity contribution in [3.63, 3.8) is 0 Å². The number of benzene rings is 1. The second-order valence-electron chi connectivity index (χ2n) is 9.85. The van der Waals surface area contributed by atoms with Gasteiger partial charge in [0.05, 0.1) is 16.7 Å². The minimum Gasteiger partial charge on any atom is -0.313 e. The van der Waals surface area contributed by atoms with E-state index in [1.807, 2.05) is 6.20 Å². The molecule has 5 aliphatic rings. The van der Waals surface area contributed by atoms with E-state index in [1.54, 1.807) is 11.1 Å². The maximum atomic E-state index is 4.69. The SMILES string of the molecule is c1cn2c3c(n1)CCCc3c1cc(C34CC5CC(CC(C5)C3)C4)ccc12. The maximum Gasteiger partial charge on any atom is 0.0710 e. The van der Waals surface area contributed by atoms with Crippen molar-refractivity contribution in [1.29, 1.82) is 0 Å². The third-order valence-corrected chi connectivity index (χ3v) is 8.32. The molecule has 2 nitrogen and oxygen atoms in total. The van der Waals surface area contributed by atoms with Crippen molar-refractivity contribution in [2.75, 3.05) is 0 Å². The summed E-state index contributed by atoms with van der Waals surface area (Å²) in [6, 6.07) is 7.53. The first kappa shape index (κ1) is 14.3. The van der Waals surface area contributed by atoms with Gasteiger partial charge in [-0.1, -0.05) is 6.07 Å². The van der Waals surface area contributed by atoms with Gasteiger partial charge in [-0.25, -0.2) is 0 Å². The molecule has 2 heterocycles. The van der Waals surface area contributed by atoms with Crippen LogP contribution in [0.4, 0.5) is 0 Å². The molecule has 0 unspecified atom stereocenters. The molecule has 3 aromatic rings. The van der Waals surface area contributed by atoms with Crippen molar-refractivity contribution < 1.29 is 0 Å². The normalized spacial score (nSPS) is 34.8. The lowest BCUT2D eigenvalue weighted by Crippen LogP contribution is -2.48. The first-order valence-corrected chi connectivity index (χ1v) is 10.7. The van der Waals surface area contributed by atoms with Crippen LogP contribution >= 0.6 is 0 Å². The Hall–Kier alpha value is -1.83. The van der Waals surface area contributed by atoms with Crippen molar-refractivity contribution >= 4 is 16.4 Å². The summed E-state index contributed by atoms with van der Waals surface area (Å²) >= 11 is 0. The molecular weight excluding hydrogens is 316 g/mol. The van der Waals surface area contributed by atoms with Gasteiger partial charge < -0.3 is 4.40 Å². The zero-order valence-electron chi connectivity index (χ0n) is 15.4. The first-order valence-electron chi connectivity index (χ1n) is 10.7. The Morgan fingerprint density at radius 1 is 0.962 bits per heavy atom. The second kappa shape index (κ2) is 4.71. The summed E-state index contributed by atoms with van der Waals surface area (Å²) in [7, 11) is 0. The molecule has 2 aromatic heterocycles.